The van der Waals surface area contributed by atoms with Crippen molar-refractivity contribution in [1.29, 1.82) is 0 Å². The number of pyridine rings is 1. The standard InChI is InChI=1S/C11H6BrN3O2/c12-9-6-2-1-3-13-10(6)15-5-14-7(11(16)17)4-8(9)15/h1-5H,(H,16,17). The molecule has 0 radical (unpaired) electrons. The Balaban J connectivity index is 2.49. The molecule has 0 aliphatic carbocycles. The molecule has 3 aromatic rings. The lowest BCUT2D eigenvalue weighted by Crippen LogP contribution is -2.01. The van der Waals surface area contributed by atoms with Crippen LogP contribution < -0.4 is 0 Å². The number of rotatable bonds is 1. The first-order valence-corrected chi connectivity index (χ1v) is 5.61. The first-order chi connectivity index (χ1) is 8.18. The van der Waals surface area contributed by atoms with Gasteiger partial charge in [-0.05, 0) is 34.1 Å². The highest BCUT2D eigenvalue weighted by atomic mass is 79.9. The number of fused-ring (bicyclic) bond motifs is 3. The van der Waals surface area contributed by atoms with E-state index in [0.717, 1.165) is 21.0 Å². The van der Waals surface area contributed by atoms with Crippen molar-refractivity contribution >= 4 is 38.4 Å². The highest BCUT2D eigenvalue weighted by Gasteiger charge is 2.13. The van der Waals surface area contributed by atoms with Crippen LogP contribution in [0.4, 0.5) is 0 Å². The van der Waals surface area contributed by atoms with Crippen LogP contribution in [0.15, 0.2) is 35.2 Å². The Morgan fingerprint density at radius 3 is 3.00 bits per heavy atom. The first-order valence-electron chi connectivity index (χ1n) is 4.82. The number of aromatic nitrogens is 3. The van der Waals surface area contributed by atoms with Crippen LogP contribution in [-0.4, -0.2) is 25.4 Å². The second-order valence-corrected chi connectivity index (χ2v) is 4.32. The average molecular weight is 292 g/mol. The zero-order valence-electron chi connectivity index (χ0n) is 8.46. The minimum absolute atomic E-state index is 0.0148. The van der Waals surface area contributed by atoms with Crippen LogP contribution in [0.2, 0.25) is 0 Å². The smallest absolute Gasteiger partial charge is 0.354 e. The fourth-order valence-corrected chi connectivity index (χ4v) is 2.39. The summed E-state index contributed by atoms with van der Waals surface area (Å²) < 4.78 is 2.58. The van der Waals surface area contributed by atoms with Crippen molar-refractivity contribution in [3.63, 3.8) is 0 Å². The second-order valence-electron chi connectivity index (χ2n) is 3.52. The Kier molecular flexibility index (Phi) is 2.12. The summed E-state index contributed by atoms with van der Waals surface area (Å²) >= 11 is 3.45. The molecule has 0 fully saturated rings. The number of aromatic carboxylic acids is 1. The molecule has 0 atom stereocenters. The van der Waals surface area contributed by atoms with Crippen molar-refractivity contribution in [2.24, 2.45) is 0 Å². The Morgan fingerprint density at radius 2 is 2.24 bits per heavy atom. The number of halogens is 1. The van der Waals surface area contributed by atoms with Crippen LogP contribution in [0.5, 0.6) is 0 Å². The fraction of sp³-hybridized carbons (Fsp3) is 0. The van der Waals surface area contributed by atoms with Gasteiger partial charge in [0.2, 0.25) is 0 Å². The molecule has 1 N–H and O–H groups in total. The summed E-state index contributed by atoms with van der Waals surface area (Å²) in [5.74, 6) is -1.04. The summed E-state index contributed by atoms with van der Waals surface area (Å²) in [6.45, 7) is 0. The highest BCUT2D eigenvalue weighted by molar-refractivity contribution is 9.10. The van der Waals surface area contributed by atoms with Gasteiger partial charge in [-0.2, -0.15) is 0 Å². The molecule has 6 heteroatoms. The third-order valence-electron chi connectivity index (χ3n) is 2.54. The van der Waals surface area contributed by atoms with Crippen LogP contribution >= 0.6 is 15.9 Å². The largest absolute Gasteiger partial charge is 0.477 e. The van der Waals surface area contributed by atoms with Crippen molar-refractivity contribution in [3.8, 4) is 0 Å². The molecule has 3 rings (SSSR count). The van der Waals surface area contributed by atoms with E-state index in [4.69, 9.17) is 5.11 Å². The first kappa shape index (κ1) is 10.2. The summed E-state index contributed by atoms with van der Waals surface area (Å²) in [4.78, 5) is 19.0. The number of carboxylic acids is 1. The van der Waals surface area contributed by atoms with Gasteiger partial charge in [-0.1, -0.05) is 0 Å². The lowest BCUT2D eigenvalue weighted by molar-refractivity contribution is 0.0690. The minimum atomic E-state index is -1.04. The van der Waals surface area contributed by atoms with E-state index in [9.17, 15) is 4.79 Å². The van der Waals surface area contributed by atoms with E-state index < -0.39 is 5.97 Å². The maximum Gasteiger partial charge on any atom is 0.354 e. The van der Waals surface area contributed by atoms with Crippen molar-refractivity contribution < 1.29 is 9.90 Å². The van der Waals surface area contributed by atoms with Crippen molar-refractivity contribution in [3.05, 3.63) is 40.9 Å². The van der Waals surface area contributed by atoms with Gasteiger partial charge in [-0.3, -0.25) is 4.40 Å². The third-order valence-corrected chi connectivity index (χ3v) is 3.37. The number of carboxylic acid groups (broad SMARTS) is 1. The molecule has 3 aromatic heterocycles. The molecule has 3 heterocycles. The van der Waals surface area contributed by atoms with Gasteiger partial charge in [0.15, 0.2) is 5.69 Å². The van der Waals surface area contributed by atoms with Gasteiger partial charge in [0.05, 0.1) is 9.99 Å². The van der Waals surface area contributed by atoms with E-state index in [1.54, 1.807) is 10.6 Å². The van der Waals surface area contributed by atoms with Gasteiger partial charge in [-0.25, -0.2) is 14.8 Å². The predicted molar refractivity (Wildman–Crippen MR) is 65.2 cm³/mol. The summed E-state index contributed by atoms with van der Waals surface area (Å²) in [6.07, 6.45) is 3.16. The SMILES string of the molecule is O=C(O)c1cc2c(Br)c3cccnc3n2cn1. The minimum Gasteiger partial charge on any atom is -0.477 e. The molecule has 5 nitrogen and oxygen atoms in total. The van der Waals surface area contributed by atoms with Crippen molar-refractivity contribution in [2.75, 3.05) is 0 Å². The van der Waals surface area contributed by atoms with Crippen molar-refractivity contribution in [2.45, 2.75) is 0 Å². The van der Waals surface area contributed by atoms with E-state index in [1.165, 1.54) is 12.4 Å². The number of nitrogens with zero attached hydrogens (tertiary/aromatic N) is 3. The lowest BCUT2D eigenvalue weighted by Gasteiger charge is -1.97. The molecule has 17 heavy (non-hydrogen) atoms. The average Bonchev–Trinajstić information content (AvgIpc) is 2.64. The Bertz CT molecular complexity index is 751. The van der Waals surface area contributed by atoms with Gasteiger partial charge < -0.3 is 5.11 Å². The molecule has 0 bridgehead atoms. The Morgan fingerprint density at radius 1 is 1.41 bits per heavy atom. The van der Waals surface area contributed by atoms with E-state index in [-0.39, 0.29) is 5.69 Å². The second kappa shape index (κ2) is 3.53. The maximum absolute atomic E-state index is 10.9. The van der Waals surface area contributed by atoms with Gasteiger partial charge in [-0.15, -0.1) is 0 Å². The van der Waals surface area contributed by atoms with Gasteiger partial charge in [0.25, 0.3) is 0 Å². The molecular formula is C11H6BrN3O2. The zero-order valence-corrected chi connectivity index (χ0v) is 10.0. The topological polar surface area (TPSA) is 67.5 Å². The van der Waals surface area contributed by atoms with E-state index in [1.807, 2.05) is 12.1 Å². The molecule has 0 saturated carbocycles. The van der Waals surface area contributed by atoms with E-state index >= 15 is 0 Å². The highest BCUT2D eigenvalue weighted by Crippen LogP contribution is 2.29. The molecular weight excluding hydrogens is 286 g/mol. The predicted octanol–water partition coefficient (Wildman–Crippen LogP) is 2.34. The molecule has 84 valence electrons. The number of hydrogen-bond donors (Lipinski definition) is 1. The monoisotopic (exact) mass is 291 g/mol. The number of carbonyl (C=O) groups is 1. The van der Waals surface area contributed by atoms with Crippen LogP contribution in [0.1, 0.15) is 10.5 Å². The van der Waals surface area contributed by atoms with Crippen molar-refractivity contribution in [1.82, 2.24) is 14.4 Å². The molecule has 0 aliphatic heterocycles. The molecule has 0 aromatic carbocycles. The quantitative estimate of drug-likeness (QED) is 0.747. The molecule has 0 unspecified atom stereocenters. The molecule has 0 aliphatic rings. The summed E-state index contributed by atoms with van der Waals surface area (Å²) in [5.41, 5.74) is 1.51. The van der Waals surface area contributed by atoms with Gasteiger partial charge >= 0.3 is 5.97 Å². The molecule has 0 saturated heterocycles. The zero-order chi connectivity index (χ0) is 12.0. The summed E-state index contributed by atoms with van der Waals surface area (Å²) in [5, 5.41) is 9.83. The summed E-state index contributed by atoms with van der Waals surface area (Å²) in [6, 6.07) is 5.27. The van der Waals surface area contributed by atoms with Crippen LogP contribution in [0, 0.1) is 0 Å². The van der Waals surface area contributed by atoms with Crippen LogP contribution in [0.3, 0.4) is 0 Å². The maximum atomic E-state index is 10.9. The third kappa shape index (κ3) is 1.41. The Hall–Kier alpha value is -1.95. The Labute approximate surface area is 104 Å². The molecule has 0 amide bonds. The van der Waals surface area contributed by atoms with Gasteiger partial charge in [0, 0.05) is 11.6 Å². The fourth-order valence-electron chi connectivity index (χ4n) is 1.77. The molecule has 0 spiro atoms. The van der Waals surface area contributed by atoms with Gasteiger partial charge in [0.1, 0.15) is 12.0 Å². The van der Waals surface area contributed by atoms with E-state index in [0.29, 0.717) is 0 Å². The normalized spacial score (nSPS) is 11.1. The number of hydrogen-bond acceptors (Lipinski definition) is 3. The summed E-state index contributed by atoms with van der Waals surface area (Å²) in [7, 11) is 0. The van der Waals surface area contributed by atoms with E-state index in [2.05, 4.69) is 25.9 Å². The van der Waals surface area contributed by atoms with Crippen LogP contribution in [-0.2, 0) is 0 Å². The lowest BCUT2D eigenvalue weighted by atomic mass is 10.3. The van der Waals surface area contributed by atoms with Crippen LogP contribution in [0.25, 0.3) is 16.6 Å².